The molecule has 1 amide bonds. The van der Waals surface area contributed by atoms with Crippen molar-refractivity contribution < 1.29 is 14.3 Å². The lowest BCUT2D eigenvalue weighted by Crippen LogP contribution is -2.20. The van der Waals surface area contributed by atoms with Crippen LogP contribution < -0.4 is 14.8 Å². The van der Waals surface area contributed by atoms with Gasteiger partial charge in [0.05, 0.1) is 24.9 Å². The largest absolute Gasteiger partial charge is 0.495 e. The van der Waals surface area contributed by atoms with Gasteiger partial charge >= 0.3 is 0 Å². The molecule has 4 nitrogen and oxygen atoms in total. The Labute approximate surface area is 136 Å². The zero-order valence-corrected chi connectivity index (χ0v) is 13.8. The van der Waals surface area contributed by atoms with E-state index in [1.807, 2.05) is 0 Å². The fraction of sp³-hybridized carbons (Fsp3) is 0.588. The van der Waals surface area contributed by atoms with Crippen LogP contribution in [0.3, 0.4) is 0 Å². The zero-order chi connectivity index (χ0) is 15.7. The van der Waals surface area contributed by atoms with Crippen molar-refractivity contribution in [3.63, 3.8) is 0 Å². The van der Waals surface area contributed by atoms with Crippen molar-refractivity contribution in [3.8, 4) is 11.5 Å². The van der Waals surface area contributed by atoms with Crippen molar-refractivity contribution in [2.24, 2.45) is 17.8 Å². The summed E-state index contributed by atoms with van der Waals surface area (Å²) in [5, 5.41) is 3.41. The molecule has 0 heterocycles. The Hall–Kier alpha value is -1.42. The molecule has 3 atom stereocenters. The van der Waals surface area contributed by atoms with Crippen LogP contribution in [0, 0.1) is 17.8 Å². The number of carbonyl (C=O) groups is 1. The van der Waals surface area contributed by atoms with Gasteiger partial charge in [-0.2, -0.15) is 0 Å². The number of fused-ring (bicyclic) bond motifs is 2. The summed E-state index contributed by atoms with van der Waals surface area (Å²) < 4.78 is 10.5. The van der Waals surface area contributed by atoms with Gasteiger partial charge < -0.3 is 14.8 Å². The lowest BCUT2D eigenvalue weighted by atomic mass is 9.86. The lowest BCUT2D eigenvalue weighted by molar-refractivity contribution is -0.117. The van der Waals surface area contributed by atoms with E-state index in [0.717, 1.165) is 11.8 Å². The Morgan fingerprint density at radius 1 is 1.23 bits per heavy atom. The maximum atomic E-state index is 12.4. The molecule has 0 aliphatic heterocycles. The topological polar surface area (TPSA) is 47.6 Å². The van der Waals surface area contributed by atoms with Crippen LogP contribution in [0.15, 0.2) is 12.1 Å². The number of rotatable bonds is 5. The summed E-state index contributed by atoms with van der Waals surface area (Å²) in [4.78, 5) is 12.4. The molecule has 2 bridgehead atoms. The first-order chi connectivity index (χ1) is 10.6. The smallest absolute Gasteiger partial charge is 0.224 e. The summed E-state index contributed by atoms with van der Waals surface area (Å²) in [6.45, 7) is 0. The summed E-state index contributed by atoms with van der Waals surface area (Å²) >= 11 is 6.08. The van der Waals surface area contributed by atoms with Gasteiger partial charge in [0.25, 0.3) is 0 Å². The predicted octanol–water partition coefficient (Wildman–Crippen LogP) is 4.12. The van der Waals surface area contributed by atoms with Crippen LogP contribution >= 0.6 is 11.6 Å². The number of benzene rings is 1. The third-order valence-electron chi connectivity index (χ3n) is 5.08. The highest BCUT2D eigenvalue weighted by atomic mass is 35.5. The normalized spacial score (nSPS) is 26.0. The minimum Gasteiger partial charge on any atom is -0.495 e. The number of hydrogen-bond donors (Lipinski definition) is 1. The van der Waals surface area contributed by atoms with E-state index in [4.69, 9.17) is 21.1 Å². The average molecular weight is 324 g/mol. The number of methoxy groups -OCH3 is 2. The van der Waals surface area contributed by atoms with Crippen molar-refractivity contribution in [1.82, 2.24) is 0 Å². The average Bonchev–Trinajstić information content (AvgIpc) is 3.11. The molecule has 0 unspecified atom stereocenters. The summed E-state index contributed by atoms with van der Waals surface area (Å²) in [7, 11) is 3.11. The highest BCUT2D eigenvalue weighted by Crippen LogP contribution is 2.49. The molecule has 5 heteroatoms. The molecule has 2 fully saturated rings. The number of anilines is 1. The molecule has 1 aromatic carbocycles. The molecular weight excluding hydrogens is 302 g/mol. The second-order valence-corrected chi connectivity index (χ2v) is 6.78. The number of ether oxygens (including phenoxy) is 2. The molecule has 1 aromatic rings. The summed E-state index contributed by atoms with van der Waals surface area (Å²) in [5.41, 5.74) is 0.608. The van der Waals surface area contributed by atoms with E-state index in [1.165, 1.54) is 25.7 Å². The monoisotopic (exact) mass is 323 g/mol. The first-order valence-corrected chi connectivity index (χ1v) is 8.20. The van der Waals surface area contributed by atoms with Gasteiger partial charge in [0.2, 0.25) is 5.91 Å². The van der Waals surface area contributed by atoms with E-state index < -0.39 is 0 Å². The molecule has 22 heavy (non-hydrogen) atoms. The van der Waals surface area contributed by atoms with Gasteiger partial charge in [0.15, 0.2) is 0 Å². The maximum absolute atomic E-state index is 12.4. The second-order valence-electron chi connectivity index (χ2n) is 6.37. The van der Waals surface area contributed by atoms with Crippen LogP contribution in [-0.4, -0.2) is 20.1 Å². The Morgan fingerprint density at radius 2 is 2.00 bits per heavy atom. The van der Waals surface area contributed by atoms with Gasteiger partial charge in [0, 0.05) is 18.6 Å². The molecule has 2 saturated carbocycles. The van der Waals surface area contributed by atoms with Crippen LogP contribution in [0.5, 0.6) is 11.5 Å². The van der Waals surface area contributed by atoms with Gasteiger partial charge in [0.1, 0.15) is 11.5 Å². The van der Waals surface area contributed by atoms with E-state index >= 15 is 0 Å². The van der Waals surface area contributed by atoms with E-state index in [0.29, 0.717) is 34.5 Å². The summed E-state index contributed by atoms with van der Waals surface area (Å²) in [5.74, 6) is 3.26. The van der Waals surface area contributed by atoms with Crippen molar-refractivity contribution in [3.05, 3.63) is 17.2 Å². The molecule has 2 aliphatic carbocycles. The Balaban J connectivity index is 1.68. The number of amides is 1. The van der Waals surface area contributed by atoms with Gasteiger partial charge in [-0.15, -0.1) is 0 Å². The van der Waals surface area contributed by atoms with E-state index in [1.54, 1.807) is 26.4 Å². The van der Waals surface area contributed by atoms with E-state index in [2.05, 4.69) is 5.32 Å². The molecule has 2 aliphatic rings. The van der Waals surface area contributed by atoms with Crippen molar-refractivity contribution >= 4 is 23.2 Å². The maximum Gasteiger partial charge on any atom is 0.224 e. The minimum absolute atomic E-state index is 0.0419. The highest BCUT2D eigenvalue weighted by molar-refractivity contribution is 6.32. The number of carbonyl (C=O) groups excluding carboxylic acids is 1. The number of hydrogen-bond acceptors (Lipinski definition) is 3. The fourth-order valence-electron chi connectivity index (χ4n) is 4.02. The number of halogens is 1. The van der Waals surface area contributed by atoms with Gasteiger partial charge in [-0.25, -0.2) is 0 Å². The fourth-order valence-corrected chi connectivity index (χ4v) is 4.25. The van der Waals surface area contributed by atoms with Crippen LogP contribution in [-0.2, 0) is 4.79 Å². The first kappa shape index (κ1) is 15.5. The van der Waals surface area contributed by atoms with Crippen LogP contribution in [0.2, 0.25) is 5.02 Å². The number of nitrogens with one attached hydrogen (secondary N) is 1. The zero-order valence-electron chi connectivity index (χ0n) is 13.0. The SMILES string of the molecule is COc1cc(NC(=O)C[C@H]2C[C@@H]3CC[C@@H]2C3)c(OC)cc1Cl. The summed E-state index contributed by atoms with van der Waals surface area (Å²) in [6, 6.07) is 3.37. The molecular formula is C17H22ClNO3. The van der Waals surface area contributed by atoms with Crippen LogP contribution in [0.4, 0.5) is 5.69 Å². The van der Waals surface area contributed by atoms with Crippen LogP contribution in [0.25, 0.3) is 0 Å². The van der Waals surface area contributed by atoms with Gasteiger partial charge in [-0.05, 0) is 37.0 Å². The highest BCUT2D eigenvalue weighted by Gasteiger charge is 2.40. The third kappa shape index (κ3) is 3.02. The van der Waals surface area contributed by atoms with Crippen molar-refractivity contribution in [2.75, 3.05) is 19.5 Å². The van der Waals surface area contributed by atoms with Crippen molar-refractivity contribution in [1.29, 1.82) is 0 Å². The van der Waals surface area contributed by atoms with E-state index in [-0.39, 0.29) is 5.91 Å². The quantitative estimate of drug-likeness (QED) is 0.886. The molecule has 3 rings (SSSR count). The van der Waals surface area contributed by atoms with Gasteiger partial charge in [-0.3, -0.25) is 4.79 Å². The summed E-state index contributed by atoms with van der Waals surface area (Å²) in [6.07, 6.45) is 5.76. The van der Waals surface area contributed by atoms with Gasteiger partial charge in [-0.1, -0.05) is 18.0 Å². The minimum atomic E-state index is 0.0419. The van der Waals surface area contributed by atoms with Crippen LogP contribution in [0.1, 0.15) is 32.1 Å². The molecule has 120 valence electrons. The second kappa shape index (κ2) is 6.37. The first-order valence-electron chi connectivity index (χ1n) is 7.82. The molecule has 1 N–H and O–H groups in total. The van der Waals surface area contributed by atoms with Crippen molar-refractivity contribution in [2.45, 2.75) is 32.1 Å². The molecule has 0 aromatic heterocycles. The standard InChI is InChI=1S/C17H22ClNO3/c1-21-15-9-14(16(22-2)8-13(15)18)19-17(20)7-12-6-10-3-4-11(12)5-10/h8-12H,3-7H2,1-2H3,(H,19,20)/t10-,11-,12-/m1/s1. The third-order valence-corrected chi connectivity index (χ3v) is 5.38. The van der Waals surface area contributed by atoms with E-state index in [9.17, 15) is 4.79 Å². The lowest BCUT2D eigenvalue weighted by Gasteiger charge is -2.21. The molecule has 0 spiro atoms. The predicted molar refractivity (Wildman–Crippen MR) is 86.7 cm³/mol. The molecule has 0 saturated heterocycles. The Kier molecular flexibility index (Phi) is 4.48. The molecule has 0 radical (unpaired) electrons. The Bertz CT molecular complexity index is 575. The Morgan fingerprint density at radius 3 is 2.59 bits per heavy atom.